The first-order chi connectivity index (χ1) is 27.0. The summed E-state index contributed by atoms with van der Waals surface area (Å²) in [5, 5.41) is 2.63. The standard InChI is InChI=1S/C39H79NO15/c1-5-6-7-8-9-10-12-42-14-16-44-18-20-46-22-24-48-26-28-50-30-32-52-34-36-54-37-35-53-33-31-51-29-27-49-25-23-47-21-19-45-17-15-43-13-11-40-38(41)55-39(2,3)4/h5-37H2,1-4H3,(H,40,41). The Bertz CT molecular complexity index is 749. The van der Waals surface area contributed by atoms with Crippen molar-refractivity contribution in [3.8, 4) is 0 Å². The van der Waals surface area contributed by atoms with E-state index in [0.717, 1.165) is 13.0 Å². The molecular formula is C39H79NO15. The SMILES string of the molecule is CCCCCCCCOCCOCCOCCOCCOCCOCCOCCOCCOCCOCCOCCOCCOCCNC(=O)OC(C)(C)C. The Morgan fingerprint density at radius 1 is 0.345 bits per heavy atom. The molecule has 0 aliphatic heterocycles. The van der Waals surface area contributed by atoms with Crippen LogP contribution in [-0.2, 0) is 66.3 Å². The molecule has 0 aliphatic rings. The second kappa shape index (κ2) is 45.5. The highest BCUT2D eigenvalue weighted by atomic mass is 16.6. The second-order valence-corrected chi connectivity index (χ2v) is 13.2. The van der Waals surface area contributed by atoms with E-state index in [9.17, 15) is 4.79 Å². The average Bonchev–Trinajstić information content (AvgIpc) is 3.15. The van der Waals surface area contributed by atoms with Crippen LogP contribution in [0.2, 0.25) is 0 Å². The smallest absolute Gasteiger partial charge is 0.407 e. The lowest BCUT2D eigenvalue weighted by Gasteiger charge is -2.19. The summed E-state index contributed by atoms with van der Waals surface area (Å²) < 4.78 is 76.5. The van der Waals surface area contributed by atoms with Crippen molar-refractivity contribution in [3.63, 3.8) is 0 Å². The van der Waals surface area contributed by atoms with Crippen molar-refractivity contribution in [1.29, 1.82) is 0 Å². The molecule has 1 amide bonds. The molecule has 0 rings (SSSR count). The Labute approximate surface area is 332 Å². The first kappa shape index (κ1) is 53.8. The van der Waals surface area contributed by atoms with E-state index >= 15 is 0 Å². The van der Waals surface area contributed by atoms with Gasteiger partial charge in [0.05, 0.1) is 165 Å². The highest BCUT2D eigenvalue weighted by Crippen LogP contribution is 2.06. The molecule has 0 radical (unpaired) electrons. The van der Waals surface area contributed by atoms with E-state index in [4.69, 9.17) is 66.3 Å². The van der Waals surface area contributed by atoms with Gasteiger partial charge in [-0.1, -0.05) is 39.0 Å². The molecule has 0 spiro atoms. The van der Waals surface area contributed by atoms with Crippen molar-refractivity contribution >= 4 is 6.09 Å². The first-order valence-electron chi connectivity index (χ1n) is 20.4. The highest BCUT2D eigenvalue weighted by Gasteiger charge is 2.15. The van der Waals surface area contributed by atoms with E-state index in [1.54, 1.807) is 0 Å². The summed E-state index contributed by atoms with van der Waals surface area (Å²) in [7, 11) is 0. The molecule has 16 nitrogen and oxygen atoms in total. The molecule has 0 aromatic heterocycles. The number of nitrogens with one attached hydrogen (secondary N) is 1. The number of unbranched alkanes of at least 4 members (excludes halogenated alkanes) is 5. The van der Waals surface area contributed by atoms with Gasteiger partial charge >= 0.3 is 6.09 Å². The lowest BCUT2D eigenvalue weighted by atomic mass is 10.1. The van der Waals surface area contributed by atoms with Crippen LogP contribution < -0.4 is 5.32 Å². The number of hydrogen-bond acceptors (Lipinski definition) is 15. The maximum atomic E-state index is 11.5. The van der Waals surface area contributed by atoms with Gasteiger partial charge in [0.25, 0.3) is 0 Å². The van der Waals surface area contributed by atoms with E-state index in [2.05, 4.69) is 12.2 Å². The average molecular weight is 802 g/mol. The number of carbonyl (C=O) groups excluding carboxylic acids is 1. The molecule has 0 aromatic carbocycles. The van der Waals surface area contributed by atoms with Crippen LogP contribution in [0.1, 0.15) is 66.2 Å². The Morgan fingerprint density at radius 3 is 0.855 bits per heavy atom. The van der Waals surface area contributed by atoms with E-state index < -0.39 is 11.7 Å². The molecule has 1 N–H and O–H groups in total. The number of ether oxygens (including phenoxy) is 14. The molecule has 0 unspecified atom stereocenters. The van der Waals surface area contributed by atoms with Crippen LogP contribution in [-0.4, -0.2) is 190 Å². The van der Waals surface area contributed by atoms with Crippen molar-refractivity contribution in [2.75, 3.05) is 178 Å². The van der Waals surface area contributed by atoms with Gasteiger partial charge in [0, 0.05) is 13.2 Å². The Kier molecular flexibility index (Phi) is 44.4. The number of alkyl carbamates (subject to hydrolysis) is 1. The molecule has 0 aromatic rings. The number of hydrogen-bond donors (Lipinski definition) is 1. The molecule has 0 aliphatic carbocycles. The van der Waals surface area contributed by atoms with Gasteiger partial charge in [-0.25, -0.2) is 4.79 Å². The zero-order valence-electron chi connectivity index (χ0n) is 35.0. The van der Waals surface area contributed by atoms with Crippen LogP contribution in [0.25, 0.3) is 0 Å². The maximum absolute atomic E-state index is 11.5. The third-order valence-corrected chi connectivity index (χ3v) is 7.02. The molecule has 0 bridgehead atoms. The van der Waals surface area contributed by atoms with Crippen LogP contribution in [0.3, 0.4) is 0 Å². The van der Waals surface area contributed by atoms with Crippen LogP contribution in [0.5, 0.6) is 0 Å². The molecule has 0 heterocycles. The Balaban J connectivity index is 3.09. The Morgan fingerprint density at radius 2 is 0.582 bits per heavy atom. The van der Waals surface area contributed by atoms with E-state index in [1.165, 1.54) is 32.1 Å². The summed E-state index contributed by atoms with van der Waals surface area (Å²) in [6.45, 7) is 21.5. The van der Waals surface area contributed by atoms with Crippen LogP contribution in [0.4, 0.5) is 4.79 Å². The van der Waals surface area contributed by atoms with Gasteiger partial charge in [-0.2, -0.15) is 0 Å². The van der Waals surface area contributed by atoms with Crippen molar-refractivity contribution in [1.82, 2.24) is 5.32 Å². The largest absolute Gasteiger partial charge is 0.444 e. The topological polar surface area (TPSA) is 158 Å². The zero-order valence-corrected chi connectivity index (χ0v) is 35.0. The fraction of sp³-hybridized carbons (Fsp3) is 0.974. The fourth-order valence-electron chi connectivity index (χ4n) is 4.26. The fourth-order valence-corrected chi connectivity index (χ4v) is 4.26. The molecule has 16 heteroatoms. The summed E-state index contributed by atoms with van der Waals surface area (Å²) in [5.74, 6) is 0. The van der Waals surface area contributed by atoms with E-state index in [1.807, 2.05) is 20.8 Å². The molecule has 0 saturated carbocycles. The number of rotatable bonds is 46. The second-order valence-electron chi connectivity index (χ2n) is 13.2. The monoisotopic (exact) mass is 802 g/mol. The predicted octanol–water partition coefficient (Wildman–Crippen LogP) is 4.09. The van der Waals surface area contributed by atoms with Gasteiger partial charge in [-0.3, -0.25) is 0 Å². The molecule has 0 atom stereocenters. The van der Waals surface area contributed by atoms with E-state index in [-0.39, 0.29) is 0 Å². The van der Waals surface area contributed by atoms with Gasteiger partial charge < -0.3 is 71.6 Å². The van der Waals surface area contributed by atoms with Crippen molar-refractivity contribution in [2.24, 2.45) is 0 Å². The van der Waals surface area contributed by atoms with Crippen LogP contribution in [0, 0.1) is 0 Å². The number of carbonyl (C=O) groups is 1. The molecule has 0 fully saturated rings. The third kappa shape index (κ3) is 50.7. The van der Waals surface area contributed by atoms with Gasteiger partial charge in [0.1, 0.15) is 5.60 Å². The van der Waals surface area contributed by atoms with Crippen molar-refractivity contribution in [2.45, 2.75) is 71.8 Å². The third-order valence-electron chi connectivity index (χ3n) is 7.02. The molecule has 0 saturated heterocycles. The van der Waals surface area contributed by atoms with Crippen molar-refractivity contribution in [3.05, 3.63) is 0 Å². The normalized spacial score (nSPS) is 11.8. The first-order valence-corrected chi connectivity index (χ1v) is 20.4. The molecule has 55 heavy (non-hydrogen) atoms. The summed E-state index contributed by atoms with van der Waals surface area (Å²) in [6, 6.07) is 0. The van der Waals surface area contributed by atoms with Crippen molar-refractivity contribution < 1.29 is 71.1 Å². The number of amides is 1. The minimum absolute atomic E-state index is 0.382. The quantitative estimate of drug-likeness (QED) is 0.0878. The van der Waals surface area contributed by atoms with Crippen LogP contribution >= 0.6 is 0 Å². The van der Waals surface area contributed by atoms with Crippen LogP contribution in [0.15, 0.2) is 0 Å². The maximum Gasteiger partial charge on any atom is 0.407 e. The summed E-state index contributed by atoms with van der Waals surface area (Å²) >= 11 is 0. The minimum atomic E-state index is -0.513. The summed E-state index contributed by atoms with van der Waals surface area (Å²) in [4.78, 5) is 11.5. The lowest BCUT2D eigenvalue weighted by Crippen LogP contribution is -2.34. The van der Waals surface area contributed by atoms with Gasteiger partial charge in [0.15, 0.2) is 0 Å². The van der Waals surface area contributed by atoms with Gasteiger partial charge in [-0.05, 0) is 27.2 Å². The zero-order chi connectivity index (χ0) is 40.0. The lowest BCUT2D eigenvalue weighted by molar-refractivity contribution is -0.0290. The predicted molar refractivity (Wildman–Crippen MR) is 208 cm³/mol. The summed E-state index contributed by atoms with van der Waals surface area (Å²) in [6.07, 6.45) is 7.20. The Hall–Kier alpha value is -1.25. The molecular weight excluding hydrogens is 722 g/mol. The highest BCUT2D eigenvalue weighted by molar-refractivity contribution is 5.67. The minimum Gasteiger partial charge on any atom is -0.444 e. The molecule has 330 valence electrons. The van der Waals surface area contributed by atoms with Gasteiger partial charge in [0.2, 0.25) is 0 Å². The summed E-state index contributed by atoms with van der Waals surface area (Å²) in [5.41, 5.74) is -0.513. The van der Waals surface area contributed by atoms with E-state index in [0.29, 0.717) is 172 Å². The van der Waals surface area contributed by atoms with Gasteiger partial charge in [-0.15, -0.1) is 0 Å².